The molecule has 1 aromatic rings. The number of Topliss-reactive ketones (excluding diaryl/α,β-unsaturated/α-hetero) is 1. The molecule has 0 bridgehead atoms. The summed E-state index contributed by atoms with van der Waals surface area (Å²) < 4.78 is 0. The van der Waals surface area contributed by atoms with Gasteiger partial charge in [0.15, 0.2) is 5.78 Å². The minimum atomic E-state index is 0.0777. The summed E-state index contributed by atoms with van der Waals surface area (Å²) in [5, 5.41) is 0.812. The van der Waals surface area contributed by atoms with E-state index in [1.165, 1.54) is 5.56 Å². The van der Waals surface area contributed by atoms with E-state index < -0.39 is 0 Å². The van der Waals surface area contributed by atoms with E-state index in [2.05, 4.69) is 15.9 Å². The summed E-state index contributed by atoms with van der Waals surface area (Å²) in [5.74, 6) is 0.0777. The smallest absolute Gasteiger partial charge is 0.193 e. The molecule has 0 heterocycles. The first-order chi connectivity index (χ1) is 8.31. The molecule has 0 spiro atoms. The van der Waals surface area contributed by atoms with Gasteiger partial charge >= 0.3 is 0 Å². The van der Waals surface area contributed by atoms with Crippen molar-refractivity contribution in [1.29, 1.82) is 0 Å². The lowest BCUT2D eigenvalue weighted by Gasteiger charge is -2.02. The molecule has 0 saturated carbocycles. The quantitative estimate of drug-likeness (QED) is 0.602. The third-order valence-electron chi connectivity index (χ3n) is 2.61. The first kappa shape index (κ1) is 12.1. The maximum Gasteiger partial charge on any atom is 0.193 e. The molecule has 17 heavy (non-hydrogen) atoms. The Labute approximate surface area is 110 Å². The van der Waals surface area contributed by atoms with Crippen molar-refractivity contribution in [2.75, 3.05) is 0 Å². The molecule has 0 aliphatic heterocycles. The number of allylic oxidation sites excluding steroid dienone is 6. The van der Waals surface area contributed by atoms with Gasteiger partial charge in [-0.25, -0.2) is 0 Å². The standard InChI is InChI=1S/C15H13BrO/c16-11-12-7-9-14(10-8-12)15(17)13-5-3-1-2-4-6-13/h1,3-10H,2,11H2. The Morgan fingerprint density at radius 1 is 1.18 bits per heavy atom. The molecule has 0 aromatic heterocycles. The molecule has 1 aromatic carbocycles. The number of alkyl halides is 1. The van der Waals surface area contributed by atoms with Crippen molar-refractivity contribution in [2.45, 2.75) is 11.8 Å². The number of halogens is 1. The van der Waals surface area contributed by atoms with Crippen molar-refractivity contribution in [3.63, 3.8) is 0 Å². The van der Waals surface area contributed by atoms with Crippen LogP contribution < -0.4 is 0 Å². The lowest BCUT2D eigenvalue weighted by molar-refractivity contribution is 0.103. The highest BCUT2D eigenvalue weighted by Crippen LogP contribution is 2.14. The predicted molar refractivity (Wildman–Crippen MR) is 74.4 cm³/mol. The Morgan fingerprint density at radius 2 is 1.94 bits per heavy atom. The van der Waals surface area contributed by atoms with Crippen molar-refractivity contribution in [3.05, 3.63) is 71.3 Å². The third-order valence-corrected chi connectivity index (χ3v) is 3.26. The van der Waals surface area contributed by atoms with Crippen LogP contribution in [0.3, 0.4) is 0 Å². The average molecular weight is 289 g/mol. The van der Waals surface area contributed by atoms with Crippen LogP contribution in [0.2, 0.25) is 0 Å². The van der Waals surface area contributed by atoms with Gasteiger partial charge in [-0.3, -0.25) is 4.79 Å². The summed E-state index contributed by atoms with van der Waals surface area (Å²) in [6.45, 7) is 0. The zero-order valence-corrected chi connectivity index (χ0v) is 11.0. The molecule has 0 fully saturated rings. The highest BCUT2D eigenvalue weighted by Gasteiger charge is 2.09. The second kappa shape index (κ2) is 5.78. The molecule has 2 heteroatoms. The van der Waals surface area contributed by atoms with Crippen LogP contribution in [0.4, 0.5) is 0 Å². The number of carbonyl (C=O) groups is 1. The van der Waals surface area contributed by atoms with E-state index in [9.17, 15) is 4.79 Å². The van der Waals surface area contributed by atoms with Gasteiger partial charge in [0.05, 0.1) is 0 Å². The number of ketones is 1. The highest BCUT2D eigenvalue weighted by atomic mass is 79.9. The normalized spacial score (nSPS) is 14.3. The molecule has 0 atom stereocenters. The molecule has 86 valence electrons. The van der Waals surface area contributed by atoms with Gasteiger partial charge < -0.3 is 0 Å². The van der Waals surface area contributed by atoms with Crippen molar-refractivity contribution in [1.82, 2.24) is 0 Å². The fourth-order valence-corrected chi connectivity index (χ4v) is 2.02. The topological polar surface area (TPSA) is 17.1 Å². The summed E-state index contributed by atoms with van der Waals surface area (Å²) in [6.07, 6.45) is 10.6. The number of hydrogen-bond donors (Lipinski definition) is 0. The van der Waals surface area contributed by atoms with E-state index in [-0.39, 0.29) is 5.78 Å². The second-order valence-electron chi connectivity index (χ2n) is 3.85. The van der Waals surface area contributed by atoms with Gasteiger partial charge in [0, 0.05) is 16.5 Å². The van der Waals surface area contributed by atoms with Crippen molar-refractivity contribution >= 4 is 21.7 Å². The summed E-state index contributed by atoms with van der Waals surface area (Å²) >= 11 is 3.39. The van der Waals surface area contributed by atoms with Gasteiger partial charge in [-0.2, -0.15) is 0 Å². The monoisotopic (exact) mass is 288 g/mol. The van der Waals surface area contributed by atoms with Crippen LogP contribution in [0.25, 0.3) is 0 Å². The average Bonchev–Trinajstić information content (AvgIpc) is 2.67. The number of carbonyl (C=O) groups excluding carboxylic acids is 1. The van der Waals surface area contributed by atoms with Gasteiger partial charge in [0.25, 0.3) is 0 Å². The lowest BCUT2D eigenvalue weighted by Crippen LogP contribution is -2.01. The Morgan fingerprint density at radius 3 is 2.65 bits per heavy atom. The van der Waals surface area contributed by atoms with Crippen molar-refractivity contribution in [2.24, 2.45) is 0 Å². The molecule has 0 amide bonds. The zero-order chi connectivity index (χ0) is 12.1. The van der Waals surface area contributed by atoms with Crippen LogP contribution in [-0.4, -0.2) is 5.78 Å². The Hall–Kier alpha value is -1.41. The van der Waals surface area contributed by atoms with E-state index in [1.807, 2.05) is 54.6 Å². The van der Waals surface area contributed by atoms with Gasteiger partial charge in [0.1, 0.15) is 0 Å². The molecular weight excluding hydrogens is 276 g/mol. The fraction of sp³-hybridized carbons (Fsp3) is 0.133. The number of benzene rings is 1. The molecule has 1 nitrogen and oxygen atoms in total. The fourth-order valence-electron chi connectivity index (χ4n) is 1.64. The summed E-state index contributed by atoms with van der Waals surface area (Å²) in [4.78, 5) is 12.2. The number of rotatable bonds is 3. The Kier molecular flexibility index (Phi) is 4.10. The minimum Gasteiger partial charge on any atom is -0.289 e. The van der Waals surface area contributed by atoms with E-state index in [0.717, 1.165) is 22.9 Å². The first-order valence-electron chi connectivity index (χ1n) is 5.54. The van der Waals surface area contributed by atoms with Gasteiger partial charge in [-0.1, -0.05) is 70.6 Å². The van der Waals surface area contributed by atoms with Gasteiger partial charge in [-0.15, -0.1) is 0 Å². The minimum absolute atomic E-state index is 0.0777. The maximum absolute atomic E-state index is 12.2. The van der Waals surface area contributed by atoms with Crippen LogP contribution in [0.5, 0.6) is 0 Å². The van der Waals surface area contributed by atoms with Crippen molar-refractivity contribution < 1.29 is 4.79 Å². The molecule has 0 N–H and O–H groups in total. The third kappa shape index (κ3) is 3.04. The van der Waals surface area contributed by atoms with Crippen LogP contribution in [-0.2, 0) is 5.33 Å². The van der Waals surface area contributed by atoms with E-state index in [4.69, 9.17) is 0 Å². The predicted octanol–water partition coefficient (Wildman–Crippen LogP) is 4.21. The zero-order valence-electron chi connectivity index (χ0n) is 9.40. The molecular formula is C15H13BrO. The van der Waals surface area contributed by atoms with Crippen LogP contribution in [0.15, 0.2) is 60.2 Å². The highest BCUT2D eigenvalue weighted by molar-refractivity contribution is 9.08. The summed E-state index contributed by atoms with van der Waals surface area (Å²) in [7, 11) is 0. The second-order valence-corrected chi connectivity index (χ2v) is 4.41. The Balaban J connectivity index is 2.24. The molecule has 1 aliphatic rings. The molecule has 1 aliphatic carbocycles. The summed E-state index contributed by atoms with van der Waals surface area (Å²) in [5.41, 5.74) is 2.65. The van der Waals surface area contributed by atoms with E-state index >= 15 is 0 Å². The Bertz CT molecular complexity index is 492. The van der Waals surface area contributed by atoms with Gasteiger partial charge in [0.2, 0.25) is 0 Å². The largest absolute Gasteiger partial charge is 0.289 e. The first-order valence-corrected chi connectivity index (χ1v) is 6.66. The van der Waals surface area contributed by atoms with Crippen LogP contribution >= 0.6 is 15.9 Å². The van der Waals surface area contributed by atoms with E-state index in [0.29, 0.717) is 0 Å². The van der Waals surface area contributed by atoms with Crippen LogP contribution in [0.1, 0.15) is 22.3 Å². The van der Waals surface area contributed by atoms with E-state index in [1.54, 1.807) is 0 Å². The molecule has 0 saturated heterocycles. The van der Waals surface area contributed by atoms with Crippen molar-refractivity contribution in [3.8, 4) is 0 Å². The molecule has 0 radical (unpaired) electrons. The summed E-state index contributed by atoms with van der Waals surface area (Å²) in [6, 6.07) is 7.70. The molecule has 0 unspecified atom stereocenters. The number of hydrogen-bond acceptors (Lipinski definition) is 1. The van der Waals surface area contributed by atoms with Crippen LogP contribution in [0, 0.1) is 0 Å². The SMILES string of the molecule is O=C(C1=CC=CCC=C1)c1ccc(CBr)cc1. The molecule has 2 rings (SSSR count). The van der Waals surface area contributed by atoms with Gasteiger partial charge in [-0.05, 0) is 12.0 Å². The maximum atomic E-state index is 12.2. The lowest BCUT2D eigenvalue weighted by atomic mass is 10.0.